The van der Waals surface area contributed by atoms with Crippen LogP contribution in [0.1, 0.15) is 40.0 Å². The number of hydrogen-bond acceptors (Lipinski definition) is 4. The third kappa shape index (κ3) is 7.82. The summed E-state index contributed by atoms with van der Waals surface area (Å²) in [7, 11) is 0. The summed E-state index contributed by atoms with van der Waals surface area (Å²) in [4.78, 5) is 0. The molecule has 0 spiro atoms. The topological polar surface area (TPSA) is 36.9 Å². The van der Waals surface area contributed by atoms with Crippen LogP contribution in [0.5, 0.6) is 0 Å². The van der Waals surface area contributed by atoms with Gasteiger partial charge in [-0.05, 0) is 33.6 Å². The van der Waals surface area contributed by atoms with E-state index in [0.717, 1.165) is 25.9 Å². The van der Waals surface area contributed by atoms with Gasteiger partial charge in [0.25, 0.3) is 5.97 Å². The first-order valence-corrected chi connectivity index (χ1v) is 6.85. The Hall–Kier alpha value is -0.420. The van der Waals surface area contributed by atoms with Gasteiger partial charge in [0.05, 0.1) is 6.61 Å². The molecule has 0 unspecified atom stereocenters. The van der Waals surface area contributed by atoms with Crippen LogP contribution in [0.25, 0.3) is 0 Å². The largest absolute Gasteiger partial charge is 0.377 e. The van der Waals surface area contributed by atoms with Crippen molar-refractivity contribution in [2.24, 2.45) is 0 Å². The molecule has 0 aliphatic rings. The van der Waals surface area contributed by atoms with Crippen molar-refractivity contribution in [1.82, 2.24) is 0 Å². The van der Waals surface area contributed by atoms with E-state index in [-0.39, 0.29) is 0 Å². The Kier molecular flexibility index (Phi) is 11.4. The maximum Gasteiger partial charge on any atom is 0.282 e. The van der Waals surface area contributed by atoms with E-state index in [1.54, 1.807) is 6.08 Å². The highest BCUT2D eigenvalue weighted by atomic mass is 16.9. The van der Waals surface area contributed by atoms with Crippen molar-refractivity contribution in [2.45, 2.75) is 46.0 Å². The number of hydrogen-bond donors (Lipinski definition) is 0. The van der Waals surface area contributed by atoms with E-state index in [2.05, 4.69) is 6.58 Å². The summed E-state index contributed by atoms with van der Waals surface area (Å²) in [5.41, 5.74) is 0. The van der Waals surface area contributed by atoms with Gasteiger partial charge in [-0.3, -0.25) is 0 Å². The molecule has 0 saturated heterocycles. The molecule has 0 aromatic heterocycles. The zero-order chi connectivity index (χ0) is 13.7. The van der Waals surface area contributed by atoms with E-state index in [0.29, 0.717) is 26.4 Å². The molecule has 0 radical (unpaired) electrons. The summed E-state index contributed by atoms with van der Waals surface area (Å²) in [6.07, 6.45) is 4.38. The lowest BCUT2D eigenvalue weighted by Crippen LogP contribution is -2.39. The van der Waals surface area contributed by atoms with E-state index in [1.807, 2.05) is 20.8 Å². The molecular formula is C14H28O4. The summed E-state index contributed by atoms with van der Waals surface area (Å²) < 4.78 is 22.2. The number of unbranched alkanes of at least 4 members (excludes halogenated alkanes) is 1. The molecular weight excluding hydrogens is 232 g/mol. The Bertz CT molecular complexity index is 177. The summed E-state index contributed by atoms with van der Waals surface area (Å²) in [5, 5.41) is 0. The second-order valence-corrected chi connectivity index (χ2v) is 3.80. The van der Waals surface area contributed by atoms with Gasteiger partial charge in [0.1, 0.15) is 0 Å². The molecule has 0 saturated carbocycles. The minimum atomic E-state index is -0.878. The zero-order valence-corrected chi connectivity index (χ0v) is 12.1. The maximum atomic E-state index is 5.64. The molecule has 0 amide bonds. The van der Waals surface area contributed by atoms with Crippen LogP contribution in [0.4, 0.5) is 0 Å². The van der Waals surface area contributed by atoms with Crippen LogP contribution in [0.2, 0.25) is 0 Å². The van der Waals surface area contributed by atoms with Crippen molar-refractivity contribution in [2.75, 3.05) is 33.0 Å². The predicted molar refractivity (Wildman–Crippen MR) is 72.5 cm³/mol. The third-order valence-corrected chi connectivity index (χ3v) is 2.35. The van der Waals surface area contributed by atoms with Crippen molar-refractivity contribution in [3.8, 4) is 0 Å². The lowest BCUT2D eigenvalue weighted by molar-refractivity contribution is -0.380. The Morgan fingerprint density at radius 3 is 1.94 bits per heavy atom. The van der Waals surface area contributed by atoms with Gasteiger partial charge < -0.3 is 18.9 Å². The summed E-state index contributed by atoms with van der Waals surface area (Å²) in [5.74, 6) is -0.878. The van der Waals surface area contributed by atoms with Gasteiger partial charge in [0.2, 0.25) is 0 Å². The van der Waals surface area contributed by atoms with E-state index in [9.17, 15) is 0 Å². The fraction of sp³-hybridized carbons (Fsp3) is 0.857. The monoisotopic (exact) mass is 260 g/mol. The molecule has 0 rings (SSSR count). The van der Waals surface area contributed by atoms with E-state index in [1.165, 1.54) is 0 Å². The maximum absolute atomic E-state index is 5.64. The van der Waals surface area contributed by atoms with Crippen LogP contribution < -0.4 is 0 Å². The molecule has 0 heterocycles. The molecule has 0 aromatic rings. The van der Waals surface area contributed by atoms with Gasteiger partial charge in [0, 0.05) is 32.8 Å². The Morgan fingerprint density at radius 2 is 1.50 bits per heavy atom. The van der Waals surface area contributed by atoms with Gasteiger partial charge in [-0.1, -0.05) is 6.08 Å². The number of rotatable bonds is 13. The highest BCUT2D eigenvalue weighted by molar-refractivity contribution is 4.64. The number of ether oxygens (including phenoxy) is 4. The van der Waals surface area contributed by atoms with Crippen LogP contribution >= 0.6 is 0 Å². The van der Waals surface area contributed by atoms with Crippen LogP contribution in [0, 0.1) is 0 Å². The fourth-order valence-corrected chi connectivity index (χ4v) is 1.71. The van der Waals surface area contributed by atoms with E-state index >= 15 is 0 Å². The molecule has 0 fully saturated rings. The predicted octanol–water partition coefficient (Wildman–Crippen LogP) is 3.12. The van der Waals surface area contributed by atoms with Crippen LogP contribution in [-0.2, 0) is 18.9 Å². The van der Waals surface area contributed by atoms with Gasteiger partial charge in [0.15, 0.2) is 0 Å². The lowest BCUT2D eigenvalue weighted by Gasteiger charge is -2.32. The standard InChI is InChI=1S/C14H28O4/c1-5-12-15-13-10-9-11-14(16-6-2,17-7-3)18-8-4/h5H,1,6-13H2,2-4H3. The smallest absolute Gasteiger partial charge is 0.282 e. The first-order valence-electron chi connectivity index (χ1n) is 6.85. The van der Waals surface area contributed by atoms with Gasteiger partial charge in [-0.2, -0.15) is 0 Å². The quantitative estimate of drug-likeness (QED) is 0.290. The zero-order valence-electron chi connectivity index (χ0n) is 12.1. The van der Waals surface area contributed by atoms with Crippen LogP contribution in [0.3, 0.4) is 0 Å². The second-order valence-electron chi connectivity index (χ2n) is 3.80. The van der Waals surface area contributed by atoms with Gasteiger partial charge in [-0.15, -0.1) is 6.58 Å². The molecule has 0 bridgehead atoms. The summed E-state index contributed by atoms with van der Waals surface area (Å²) in [6.45, 7) is 12.5. The molecule has 4 heteroatoms. The Labute approximate surface area is 111 Å². The van der Waals surface area contributed by atoms with Crippen LogP contribution in [-0.4, -0.2) is 39.0 Å². The second kappa shape index (κ2) is 11.7. The Morgan fingerprint density at radius 1 is 0.944 bits per heavy atom. The SMILES string of the molecule is C=CCOCCCCC(OCC)(OCC)OCC. The first-order chi connectivity index (χ1) is 8.74. The van der Waals surface area contributed by atoms with Crippen LogP contribution in [0.15, 0.2) is 12.7 Å². The minimum Gasteiger partial charge on any atom is -0.377 e. The van der Waals surface area contributed by atoms with Crippen molar-refractivity contribution < 1.29 is 18.9 Å². The fourth-order valence-electron chi connectivity index (χ4n) is 1.71. The minimum absolute atomic E-state index is 0.576. The average Bonchev–Trinajstić information content (AvgIpc) is 2.35. The van der Waals surface area contributed by atoms with Crippen molar-refractivity contribution in [1.29, 1.82) is 0 Å². The molecule has 0 aliphatic heterocycles. The van der Waals surface area contributed by atoms with E-state index in [4.69, 9.17) is 18.9 Å². The molecule has 0 atom stereocenters. The molecule has 0 N–H and O–H groups in total. The van der Waals surface area contributed by atoms with Crippen molar-refractivity contribution in [3.05, 3.63) is 12.7 Å². The molecule has 0 aromatic carbocycles. The normalized spacial score (nSPS) is 11.7. The molecule has 108 valence electrons. The highest BCUT2D eigenvalue weighted by Crippen LogP contribution is 2.23. The van der Waals surface area contributed by atoms with Crippen molar-refractivity contribution in [3.63, 3.8) is 0 Å². The van der Waals surface area contributed by atoms with E-state index < -0.39 is 5.97 Å². The highest BCUT2D eigenvalue weighted by Gasteiger charge is 2.31. The third-order valence-electron chi connectivity index (χ3n) is 2.35. The lowest BCUT2D eigenvalue weighted by atomic mass is 10.2. The first kappa shape index (κ1) is 17.6. The molecule has 4 nitrogen and oxygen atoms in total. The summed E-state index contributed by atoms with van der Waals surface area (Å²) in [6, 6.07) is 0. The average molecular weight is 260 g/mol. The van der Waals surface area contributed by atoms with Crippen molar-refractivity contribution >= 4 is 0 Å². The molecule has 0 aliphatic carbocycles. The Balaban J connectivity index is 4.00. The van der Waals surface area contributed by atoms with Gasteiger partial charge in [-0.25, -0.2) is 0 Å². The summed E-state index contributed by atoms with van der Waals surface area (Å²) >= 11 is 0. The molecule has 18 heavy (non-hydrogen) atoms. The van der Waals surface area contributed by atoms with Gasteiger partial charge >= 0.3 is 0 Å².